The Morgan fingerprint density at radius 1 is 1.46 bits per heavy atom. The highest BCUT2D eigenvalue weighted by atomic mass is 79.9. The lowest BCUT2D eigenvalue weighted by Gasteiger charge is -1.99. The zero-order valence-electron chi connectivity index (χ0n) is 6.77. The van der Waals surface area contributed by atoms with Crippen LogP contribution >= 0.6 is 27.7 Å². The van der Waals surface area contributed by atoms with E-state index < -0.39 is 0 Å². The molecule has 0 radical (unpaired) electrons. The highest BCUT2D eigenvalue weighted by Gasteiger charge is 2.11. The van der Waals surface area contributed by atoms with E-state index in [1.165, 1.54) is 17.8 Å². The van der Waals surface area contributed by atoms with Crippen LogP contribution in [0.2, 0.25) is 0 Å². The van der Waals surface area contributed by atoms with E-state index in [1.807, 2.05) is 6.07 Å². The van der Waals surface area contributed by atoms with Gasteiger partial charge in [0.1, 0.15) is 0 Å². The summed E-state index contributed by atoms with van der Waals surface area (Å²) in [6.07, 6.45) is 0. The van der Waals surface area contributed by atoms with Crippen LogP contribution < -0.4 is 0 Å². The van der Waals surface area contributed by atoms with Crippen LogP contribution in [0, 0.1) is 10.1 Å². The van der Waals surface area contributed by atoms with Gasteiger partial charge in [-0.2, -0.15) is 0 Å². The third kappa shape index (κ3) is 3.00. The van der Waals surface area contributed by atoms with Crippen molar-refractivity contribution in [1.29, 1.82) is 0 Å². The molecule has 1 aromatic carbocycles. The number of nitrogens with zero attached hydrogens (tertiary/aromatic N) is 1. The molecule has 0 unspecified atom stereocenters. The number of nitro groups is 1. The Balaban J connectivity index is 2.84. The molecule has 1 rings (SSSR count). The van der Waals surface area contributed by atoms with Crippen molar-refractivity contribution in [2.75, 3.05) is 11.1 Å². The van der Waals surface area contributed by atoms with Crippen LogP contribution in [0.1, 0.15) is 0 Å². The average molecular weight is 262 g/mol. The predicted octanol–water partition coefficient (Wildman–Crippen LogP) is 3.08. The van der Waals surface area contributed by atoms with Gasteiger partial charge in [-0.05, 0) is 6.07 Å². The summed E-state index contributed by atoms with van der Waals surface area (Å²) in [7, 11) is 0. The Labute approximate surface area is 88.8 Å². The molecule has 0 bridgehead atoms. The highest BCUT2D eigenvalue weighted by Crippen LogP contribution is 2.28. The predicted molar refractivity (Wildman–Crippen MR) is 57.6 cm³/mol. The monoisotopic (exact) mass is 261 g/mol. The average Bonchev–Trinajstić information content (AvgIpc) is 2.15. The van der Waals surface area contributed by atoms with E-state index in [4.69, 9.17) is 0 Å². The SMILES string of the molecule is O=[N+]([O-])c1ccccc1SCCBr. The van der Waals surface area contributed by atoms with Crippen LogP contribution in [0.25, 0.3) is 0 Å². The van der Waals surface area contributed by atoms with Gasteiger partial charge in [0.15, 0.2) is 0 Å². The van der Waals surface area contributed by atoms with Crippen LogP contribution in [0.4, 0.5) is 5.69 Å². The van der Waals surface area contributed by atoms with Gasteiger partial charge in [-0.3, -0.25) is 10.1 Å². The fraction of sp³-hybridized carbons (Fsp3) is 0.250. The fourth-order valence-electron chi connectivity index (χ4n) is 0.879. The van der Waals surface area contributed by atoms with Crippen molar-refractivity contribution in [3.63, 3.8) is 0 Å². The molecule has 70 valence electrons. The summed E-state index contributed by atoms with van der Waals surface area (Å²) in [4.78, 5) is 10.9. The van der Waals surface area contributed by atoms with Gasteiger partial charge in [-0.25, -0.2) is 0 Å². The van der Waals surface area contributed by atoms with E-state index in [-0.39, 0.29) is 10.6 Å². The number of benzene rings is 1. The quantitative estimate of drug-likeness (QED) is 0.362. The van der Waals surface area contributed by atoms with E-state index in [1.54, 1.807) is 12.1 Å². The molecule has 0 aliphatic carbocycles. The van der Waals surface area contributed by atoms with Crippen molar-refractivity contribution in [3.8, 4) is 0 Å². The molecule has 3 nitrogen and oxygen atoms in total. The van der Waals surface area contributed by atoms with Gasteiger partial charge in [-0.15, -0.1) is 11.8 Å². The molecule has 0 atom stereocenters. The number of alkyl halides is 1. The minimum absolute atomic E-state index is 0.188. The Morgan fingerprint density at radius 2 is 2.15 bits per heavy atom. The minimum atomic E-state index is -0.351. The van der Waals surface area contributed by atoms with Gasteiger partial charge in [0.2, 0.25) is 0 Å². The van der Waals surface area contributed by atoms with Gasteiger partial charge in [0.05, 0.1) is 9.82 Å². The number of nitro benzene ring substituents is 1. The zero-order chi connectivity index (χ0) is 9.68. The van der Waals surface area contributed by atoms with Gasteiger partial charge in [0.25, 0.3) is 5.69 Å². The number of hydrogen-bond acceptors (Lipinski definition) is 3. The summed E-state index contributed by atoms with van der Waals surface area (Å²) in [5.74, 6) is 0.838. The van der Waals surface area contributed by atoms with Crippen molar-refractivity contribution in [1.82, 2.24) is 0 Å². The summed E-state index contributed by atoms with van der Waals surface area (Å²) < 4.78 is 0. The van der Waals surface area contributed by atoms with Crippen LogP contribution in [0.15, 0.2) is 29.2 Å². The van der Waals surface area contributed by atoms with Crippen molar-refractivity contribution in [3.05, 3.63) is 34.4 Å². The van der Waals surface area contributed by atoms with Crippen molar-refractivity contribution < 1.29 is 4.92 Å². The topological polar surface area (TPSA) is 43.1 Å². The molecule has 0 aliphatic rings. The smallest absolute Gasteiger partial charge is 0.258 e. The summed E-state index contributed by atoms with van der Waals surface area (Å²) in [6, 6.07) is 6.78. The van der Waals surface area contributed by atoms with Crippen molar-refractivity contribution in [2.45, 2.75) is 4.90 Å². The standard InChI is InChI=1S/C8H8BrNO2S/c9-5-6-13-8-4-2-1-3-7(8)10(11)12/h1-4H,5-6H2. The second-order valence-electron chi connectivity index (χ2n) is 2.26. The first-order valence-corrected chi connectivity index (χ1v) is 5.78. The third-order valence-electron chi connectivity index (χ3n) is 1.40. The first-order chi connectivity index (χ1) is 6.25. The van der Waals surface area contributed by atoms with Crippen molar-refractivity contribution in [2.24, 2.45) is 0 Å². The van der Waals surface area contributed by atoms with E-state index in [9.17, 15) is 10.1 Å². The van der Waals surface area contributed by atoms with Crippen LogP contribution in [0.5, 0.6) is 0 Å². The van der Waals surface area contributed by atoms with Crippen LogP contribution in [-0.2, 0) is 0 Å². The van der Waals surface area contributed by atoms with E-state index in [0.717, 1.165) is 16.0 Å². The molecule has 0 aliphatic heterocycles. The lowest BCUT2D eigenvalue weighted by atomic mass is 10.3. The van der Waals surface area contributed by atoms with Gasteiger partial charge in [-0.1, -0.05) is 28.1 Å². The number of para-hydroxylation sites is 1. The Hall–Kier alpha value is -0.550. The lowest BCUT2D eigenvalue weighted by molar-refractivity contribution is -0.387. The number of rotatable bonds is 4. The fourth-order valence-corrected chi connectivity index (χ4v) is 2.13. The lowest BCUT2D eigenvalue weighted by Crippen LogP contribution is -1.90. The maximum atomic E-state index is 10.6. The molecule has 13 heavy (non-hydrogen) atoms. The minimum Gasteiger partial charge on any atom is -0.258 e. The zero-order valence-corrected chi connectivity index (χ0v) is 9.18. The van der Waals surface area contributed by atoms with Gasteiger partial charge < -0.3 is 0 Å². The van der Waals surface area contributed by atoms with E-state index >= 15 is 0 Å². The molecule has 0 N–H and O–H groups in total. The number of halogens is 1. The number of thioether (sulfide) groups is 1. The maximum Gasteiger partial charge on any atom is 0.282 e. The summed E-state index contributed by atoms with van der Waals surface area (Å²) >= 11 is 4.76. The van der Waals surface area contributed by atoms with Gasteiger partial charge in [0, 0.05) is 17.1 Å². The molecule has 0 saturated heterocycles. The Morgan fingerprint density at radius 3 is 2.77 bits per heavy atom. The first-order valence-electron chi connectivity index (χ1n) is 3.68. The molecule has 5 heteroatoms. The molecule has 0 fully saturated rings. The molecule has 1 aromatic rings. The molecule has 0 amide bonds. The summed E-state index contributed by atoms with van der Waals surface area (Å²) in [5.41, 5.74) is 0.188. The van der Waals surface area contributed by atoms with Crippen LogP contribution in [0.3, 0.4) is 0 Å². The summed E-state index contributed by atoms with van der Waals surface area (Å²) in [5, 5.41) is 11.4. The normalized spacial score (nSPS) is 9.92. The molecular formula is C8H8BrNO2S. The molecule has 0 spiro atoms. The number of hydrogen-bond donors (Lipinski definition) is 0. The summed E-state index contributed by atoms with van der Waals surface area (Å²) in [6.45, 7) is 0. The first kappa shape index (κ1) is 10.5. The Bertz CT molecular complexity index is 306. The largest absolute Gasteiger partial charge is 0.282 e. The molecule has 0 heterocycles. The second kappa shape index (κ2) is 5.24. The van der Waals surface area contributed by atoms with E-state index in [2.05, 4.69) is 15.9 Å². The van der Waals surface area contributed by atoms with Gasteiger partial charge >= 0.3 is 0 Å². The molecule has 0 aromatic heterocycles. The highest BCUT2D eigenvalue weighted by molar-refractivity contribution is 9.09. The van der Waals surface area contributed by atoms with Crippen LogP contribution in [-0.4, -0.2) is 16.0 Å². The third-order valence-corrected chi connectivity index (χ3v) is 3.38. The Kier molecular flexibility index (Phi) is 4.24. The molecule has 0 saturated carbocycles. The van der Waals surface area contributed by atoms with Crippen molar-refractivity contribution >= 4 is 33.4 Å². The second-order valence-corrected chi connectivity index (χ2v) is 4.19. The van der Waals surface area contributed by atoms with E-state index in [0.29, 0.717) is 0 Å². The maximum absolute atomic E-state index is 10.6. The molecular weight excluding hydrogens is 254 g/mol.